The Bertz CT molecular complexity index is 987. The van der Waals surface area contributed by atoms with Crippen LogP contribution in [0.5, 0.6) is 0 Å². The molecule has 1 saturated carbocycles. The summed E-state index contributed by atoms with van der Waals surface area (Å²) in [6, 6.07) is 7.37. The van der Waals surface area contributed by atoms with Gasteiger partial charge in [0, 0.05) is 5.70 Å². The maximum absolute atomic E-state index is 12.5. The smallest absolute Gasteiger partial charge is 0.229 e. The predicted molar refractivity (Wildman–Crippen MR) is 99.1 cm³/mol. The van der Waals surface area contributed by atoms with Gasteiger partial charge >= 0.3 is 0 Å². The highest BCUT2D eigenvalue weighted by Crippen LogP contribution is 2.38. The molecule has 0 radical (unpaired) electrons. The Morgan fingerprint density at radius 2 is 2.27 bits per heavy atom. The second-order valence-corrected chi connectivity index (χ2v) is 7.25. The molecule has 1 fully saturated rings. The van der Waals surface area contributed by atoms with Gasteiger partial charge in [0.1, 0.15) is 0 Å². The highest BCUT2D eigenvalue weighted by atomic mass is 16.3. The maximum atomic E-state index is 12.5. The first-order valence-electron chi connectivity index (χ1n) is 8.81. The van der Waals surface area contributed by atoms with Crippen molar-refractivity contribution in [3.8, 4) is 6.07 Å². The molecule has 2 aliphatic carbocycles. The fraction of sp³-hybridized carbons (Fsp3) is 0.350. The largest absolute Gasteiger partial charge is 0.389 e. The Morgan fingerprint density at radius 1 is 1.50 bits per heavy atom. The lowest BCUT2D eigenvalue weighted by atomic mass is 9.72. The molecule has 1 unspecified atom stereocenters. The Morgan fingerprint density at radius 3 is 2.85 bits per heavy atom. The van der Waals surface area contributed by atoms with Crippen LogP contribution in [0.15, 0.2) is 36.4 Å². The lowest BCUT2D eigenvalue weighted by Gasteiger charge is -2.38. The number of aromatic nitrogens is 2. The third kappa shape index (κ3) is 2.80. The predicted octanol–water partition coefficient (Wildman–Crippen LogP) is 3.20. The van der Waals surface area contributed by atoms with Crippen molar-refractivity contribution < 1.29 is 9.90 Å². The number of anilines is 1. The van der Waals surface area contributed by atoms with E-state index in [1.807, 2.05) is 22.8 Å². The van der Waals surface area contributed by atoms with E-state index in [4.69, 9.17) is 5.26 Å². The molecule has 6 heteroatoms. The molecule has 2 aliphatic rings. The number of fused-ring (bicyclic) bond motifs is 1. The average molecular weight is 348 g/mol. The summed E-state index contributed by atoms with van der Waals surface area (Å²) in [4.78, 5) is 17.0. The van der Waals surface area contributed by atoms with Crippen LogP contribution in [0.1, 0.15) is 38.2 Å². The fourth-order valence-electron chi connectivity index (χ4n) is 3.49. The van der Waals surface area contributed by atoms with Crippen LogP contribution in [0.3, 0.4) is 0 Å². The number of benzene rings is 1. The Hall–Kier alpha value is -2.91. The van der Waals surface area contributed by atoms with E-state index in [-0.39, 0.29) is 18.2 Å². The molecule has 1 aromatic carbocycles. The van der Waals surface area contributed by atoms with Gasteiger partial charge in [-0.2, -0.15) is 5.26 Å². The van der Waals surface area contributed by atoms with Crippen molar-refractivity contribution in [2.24, 2.45) is 5.92 Å². The summed E-state index contributed by atoms with van der Waals surface area (Å²) in [7, 11) is 0. The van der Waals surface area contributed by atoms with Crippen molar-refractivity contribution in [3.05, 3.63) is 42.0 Å². The quantitative estimate of drug-likeness (QED) is 0.868. The molecular weight excluding hydrogens is 328 g/mol. The van der Waals surface area contributed by atoms with Crippen molar-refractivity contribution >= 4 is 28.6 Å². The number of amides is 1. The summed E-state index contributed by atoms with van der Waals surface area (Å²) >= 11 is 0. The topological polar surface area (TPSA) is 90.9 Å². The van der Waals surface area contributed by atoms with Crippen LogP contribution in [-0.4, -0.2) is 26.2 Å². The number of carbonyl (C=O) groups excluding carboxylic acids is 1. The zero-order valence-electron chi connectivity index (χ0n) is 14.6. The lowest BCUT2D eigenvalue weighted by molar-refractivity contribution is -0.124. The second kappa shape index (κ2) is 6.11. The number of aliphatic hydroxyl groups is 1. The zero-order valence-corrected chi connectivity index (χ0v) is 14.6. The van der Waals surface area contributed by atoms with Gasteiger partial charge in [-0.05, 0) is 56.0 Å². The molecule has 0 bridgehead atoms. The van der Waals surface area contributed by atoms with Gasteiger partial charge in [-0.3, -0.25) is 14.7 Å². The van der Waals surface area contributed by atoms with Gasteiger partial charge in [-0.25, -0.2) is 4.98 Å². The van der Waals surface area contributed by atoms with E-state index in [9.17, 15) is 9.90 Å². The van der Waals surface area contributed by atoms with Crippen molar-refractivity contribution in [2.45, 2.75) is 38.2 Å². The highest BCUT2D eigenvalue weighted by Gasteiger charge is 2.38. The van der Waals surface area contributed by atoms with Gasteiger partial charge in [-0.15, -0.1) is 0 Å². The Balaban J connectivity index is 1.63. The molecule has 26 heavy (non-hydrogen) atoms. The molecule has 6 nitrogen and oxygen atoms in total. The van der Waals surface area contributed by atoms with Crippen molar-refractivity contribution in [3.63, 3.8) is 0 Å². The molecule has 0 aliphatic heterocycles. The number of nitrogens with one attached hydrogen (secondary N) is 1. The molecule has 0 spiro atoms. The van der Waals surface area contributed by atoms with Crippen LogP contribution in [0.2, 0.25) is 0 Å². The van der Waals surface area contributed by atoms with Crippen LogP contribution in [0, 0.1) is 17.2 Å². The lowest BCUT2D eigenvalue weighted by Crippen LogP contribution is -2.42. The highest BCUT2D eigenvalue weighted by molar-refractivity contribution is 5.95. The minimum absolute atomic E-state index is 0.0409. The number of nitriles is 1. The number of hydrogen-bond donors (Lipinski definition) is 2. The molecular formula is C20H20N4O2. The van der Waals surface area contributed by atoms with Gasteiger partial charge in [0.05, 0.1) is 34.7 Å². The number of hydrogen-bond acceptors (Lipinski definition) is 4. The van der Waals surface area contributed by atoms with Gasteiger partial charge in [0.25, 0.3) is 0 Å². The third-order valence-corrected chi connectivity index (χ3v) is 5.33. The molecule has 132 valence electrons. The molecule has 2 N–H and O–H groups in total. The first-order chi connectivity index (χ1) is 12.5. The van der Waals surface area contributed by atoms with Crippen LogP contribution < -0.4 is 5.32 Å². The summed E-state index contributed by atoms with van der Waals surface area (Å²) in [5, 5.41) is 22.6. The average Bonchev–Trinajstić information content (AvgIpc) is 2.79. The minimum Gasteiger partial charge on any atom is -0.389 e. The third-order valence-electron chi connectivity index (χ3n) is 5.33. The van der Waals surface area contributed by atoms with Crippen molar-refractivity contribution in [2.75, 3.05) is 5.32 Å². The molecule has 1 aromatic heterocycles. The summed E-state index contributed by atoms with van der Waals surface area (Å²) in [6.45, 7) is 1.73. The van der Waals surface area contributed by atoms with Gasteiger partial charge in [0.2, 0.25) is 11.9 Å². The second-order valence-electron chi connectivity index (χ2n) is 7.25. The van der Waals surface area contributed by atoms with E-state index in [0.717, 1.165) is 30.5 Å². The Labute approximate surface area is 151 Å². The van der Waals surface area contributed by atoms with Crippen LogP contribution >= 0.6 is 0 Å². The van der Waals surface area contributed by atoms with Gasteiger partial charge in [0.15, 0.2) is 0 Å². The number of imidazole rings is 1. The van der Waals surface area contributed by atoms with E-state index in [2.05, 4.69) is 16.4 Å². The first kappa shape index (κ1) is 16.6. The van der Waals surface area contributed by atoms with Gasteiger partial charge in [-0.1, -0.05) is 12.5 Å². The van der Waals surface area contributed by atoms with E-state index < -0.39 is 5.60 Å². The van der Waals surface area contributed by atoms with E-state index in [0.29, 0.717) is 17.0 Å². The maximum Gasteiger partial charge on any atom is 0.229 e. The van der Waals surface area contributed by atoms with Crippen LogP contribution in [0.25, 0.3) is 16.7 Å². The van der Waals surface area contributed by atoms with Crippen LogP contribution in [-0.2, 0) is 4.79 Å². The molecule has 1 amide bonds. The van der Waals surface area contributed by atoms with Crippen molar-refractivity contribution in [1.82, 2.24) is 9.55 Å². The number of rotatable bonds is 5. The van der Waals surface area contributed by atoms with E-state index in [1.54, 1.807) is 25.1 Å². The van der Waals surface area contributed by atoms with Gasteiger partial charge < -0.3 is 5.11 Å². The van der Waals surface area contributed by atoms with E-state index in [1.165, 1.54) is 0 Å². The van der Waals surface area contributed by atoms with Crippen LogP contribution in [0.4, 0.5) is 5.95 Å². The fourth-order valence-corrected chi connectivity index (χ4v) is 3.49. The molecule has 2 aromatic rings. The SMILES string of the molecule is CC(O)(CC(=O)Nc1nc2ccc(C#N)cc2n1C1=CC=C1)C1CCC1. The number of allylic oxidation sites excluding steroid dienone is 4. The zero-order chi connectivity index (χ0) is 18.3. The number of carbonyl (C=O) groups is 1. The first-order valence-corrected chi connectivity index (χ1v) is 8.81. The minimum atomic E-state index is -0.997. The standard InChI is InChI=1S/C20H20N4O2/c1-20(26,14-4-2-5-14)11-18(25)23-19-22-16-9-8-13(12-21)10-17(16)24(19)15-6-3-7-15/h3,6-10,14,26H,2,4-5,11H2,1H3,(H,22,23,25). The summed E-state index contributed by atoms with van der Waals surface area (Å²) in [5.74, 6) is 0.325. The number of nitrogens with zero attached hydrogens (tertiary/aromatic N) is 3. The molecule has 1 heterocycles. The normalized spacial score (nSPS) is 18.4. The monoisotopic (exact) mass is 348 g/mol. The molecule has 1 atom stereocenters. The summed E-state index contributed by atoms with van der Waals surface area (Å²) in [5.41, 5.74) is 1.90. The molecule has 4 rings (SSSR count). The van der Waals surface area contributed by atoms with Crippen molar-refractivity contribution in [1.29, 1.82) is 5.26 Å². The molecule has 0 saturated heterocycles. The van der Waals surface area contributed by atoms with E-state index >= 15 is 0 Å². The summed E-state index contributed by atoms with van der Waals surface area (Å²) in [6.07, 6.45) is 8.82. The Kier molecular flexibility index (Phi) is 3.89. The summed E-state index contributed by atoms with van der Waals surface area (Å²) < 4.78 is 1.83.